The van der Waals surface area contributed by atoms with Crippen LogP contribution >= 0.6 is 15.9 Å². The van der Waals surface area contributed by atoms with Crippen LogP contribution in [0.5, 0.6) is 0 Å². The van der Waals surface area contributed by atoms with Gasteiger partial charge in [-0.25, -0.2) is 0 Å². The van der Waals surface area contributed by atoms with Crippen LogP contribution in [0.15, 0.2) is 28.7 Å². The Morgan fingerprint density at radius 2 is 2.22 bits per heavy atom. The van der Waals surface area contributed by atoms with Gasteiger partial charge < -0.3 is 10.2 Å². The number of para-hydroxylation sites is 1. The molecule has 2 saturated heterocycles. The smallest absolute Gasteiger partial charge is 0.130 e. The van der Waals surface area contributed by atoms with Crippen LogP contribution in [0.3, 0.4) is 0 Å². The minimum absolute atomic E-state index is 0.392. The van der Waals surface area contributed by atoms with Crippen molar-refractivity contribution in [3.8, 4) is 6.07 Å². The van der Waals surface area contributed by atoms with Gasteiger partial charge in [-0.15, -0.1) is 0 Å². The molecule has 0 saturated carbocycles. The Kier molecular flexibility index (Phi) is 3.04. The summed E-state index contributed by atoms with van der Waals surface area (Å²) < 4.78 is 1.03. The minimum Gasteiger partial charge on any atom is -0.366 e. The van der Waals surface area contributed by atoms with Gasteiger partial charge in [0.15, 0.2) is 0 Å². The van der Waals surface area contributed by atoms with Gasteiger partial charge in [0.2, 0.25) is 0 Å². The zero-order valence-electron chi connectivity index (χ0n) is 10.2. The summed E-state index contributed by atoms with van der Waals surface area (Å²) in [6.45, 7) is 3.23. The molecule has 3 rings (SSSR count). The maximum Gasteiger partial charge on any atom is 0.130 e. The molecule has 2 bridgehead atoms. The van der Waals surface area contributed by atoms with E-state index in [0.29, 0.717) is 5.92 Å². The second-order valence-corrected chi connectivity index (χ2v) is 6.08. The van der Waals surface area contributed by atoms with Gasteiger partial charge in [0, 0.05) is 29.2 Å². The first-order valence-electron chi connectivity index (χ1n) is 6.40. The van der Waals surface area contributed by atoms with Crippen LogP contribution in [0.25, 0.3) is 0 Å². The van der Waals surface area contributed by atoms with E-state index >= 15 is 0 Å². The molecule has 0 radical (unpaired) electrons. The molecule has 94 valence electrons. The highest BCUT2D eigenvalue weighted by Gasteiger charge is 2.46. The molecule has 1 aromatic carbocycles. The average Bonchev–Trinajstić information content (AvgIpc) is 2.80. The molecule has 2 aliphatic rings. The molecule has 18 heavy (non-hydrogen) atoms. The first kappa shape index (κ1) is 12.0. The molecule has 2 aliphatic heterocycles. The van der Waals surface area contributed by atoms with E-state index < -0.39 is 5.54 Å². The summed E-state index contributed by atoms with van der Waals surface area (Å²) in [5.41, 5.74) is 0.635. The van der Waals surface area contributed by atoms with Crippen LogP contribution in [0, 0.1) is 17.2 Å². The highest BCUT2D eigenvalue weighted by molar-refractivity contribution is 9.10. The molecule has 2 heterocycles. The van der Waals surface area contributed by atoms with Gasteiger partial charge in [-0.2, -0.15) is 5.26 Å². The topological polar surface area (TPSA) is 39.1 Å². The van der Waals surface area contributed by atoms with Crippen LogP contribution < -0.4 is 5.32 Å². The van der Waals surface area contributed by atoms with Crippen molar-refractivity contribution in [3.05, 3.63) is 28.7 Å². The van der Waals surface area contributed by atoms with Crippen molar-refractivity contribution in [2.24, 2.45) is 5.92 Å². The molecule has 4 heteroatoms. The van der Waals surface area contributed by atoms with E-state index in [1.54, 1.807) is 0 Å². The average molecular weight is 306 g/mol. The SMILES string of the molecule is N#CC1(Nc2ccccc2Br)CCN2CCC1C2. The maximum absolute atomic E-state index is 9.67. The maximum atomic E-state index is 9.67. The highest BCUT2D eigenvalue weighted by Crippen LogP contribution is 2.38. The lowest BCUT2D eigenvalue weighted by Gasteiger charge is -2.39. The predicted octanol–water partition coefficient (Wildman–Crippen LogP) is 2.85. The van der Waals surface area contributed by atoms with Gasteiger partial charge in [-0.1, -0.05) is 12.1 Å². The van der Waals surface area contributed by atoms with Crippen molar-refractivity contribution in [2.75, 3.05) is 25.0 Å². The fraction of sp³-hybridized carbons (Fsp3) is 0.500. The lowest BCUT2D eigenvalue weighted by atomic mass is 9.80. The van der Waals surface area contributed by atoms with E-state index in [-0.39, 0.29) is 0 Å². The Hall–Kier alpha value is -1.05. The lowest BCUT2D eigenvalue weighted by molar-refractivity contribution is 0.221. The Bertz CT molecular complexity index is 496. The van der Waals surface area contributed by atoms with Gasteiger partial charge in [-0.3, -0.25) is 0 Å². The third-order valence-electron chi connectivity index (χ3n) is 4.22. The Labute approximate surface area is 116 Å². The van der Waals surface area contributed by atoms with E-state index in [0.717, 1.165) is 42.6 Å². The summed E-state index contributed by atoms with van der Waals surface area (Å²) in [5.74, 6) is 0.448. The molecular weight excluding hydrogens is 290 g/mol. The molecule has 3 nitrogen and oxygen atoms in total. The molecule has 0 aliphatic carbocycles. The van der Waals surface area contributed by atoms with Crippen molar-refractivity contribution in [2.45, 2.75) is 18.4 Å². The third kappa shape index (κ3) is 1.92. The zero-order chi connectivity index (χ0) is 12.6. The minimum atomic E-state index is -0.392. The first-order chi connectivity index (χ1) is 8.73. The molecule has 0 amide bonds. The Morgan fingerprint density at radius 1 is 1.39 bits per heavy atom. The molecule has 1 N–H and O–H groups in total. The number of nitrogens with one attached hydrogen (secondary N) is 1. The summed E-state index contributed by atoms with van der Waals surface area (Å²) in [4.78, 5) is 2.46. The number of halogens is 1. The quantitative estimate of drug-likeness (QED) is 0.913. The number of hydrogen-bond donors (Lipinski definition) is 1. The first-order valence-corrected chi connectivity index (χ1v) is 7.19. The van der Waals surface area contributed by atoms with E-state index in [1.807, 2.05) is 24.3 Å². The van der Waals surface area contributed by atoms with E-state index in [1.165, 1.54) is 0 Å². The van der Waals surface area contributed by atoms with E-state index in [2.05, 4.69) is 32.2 Å². The second kappa shape index (κ2) is 4.56. The van der Waals surface area contributed by atoms with Crippen molar-refractivity contribution in [3.63, 3.8) is 0 Å². The van der Waals surface area contributed by atoms with Crippen molar-refractivity contribution >= 4 is 21.6 Å². The number of rotatable bonds is 2. The fourth-order valence-corrected chi connectivity index (χ4v) is 3.50. The van der Waals surface area contributed by atoms with Crippen LogP contribution in [0.1, 0.15) is 12.8 Å². The lowest BCUT2D eigenvalue weighted by Crippen LogP contribution is -2.50. The number of benzene rings is 1. The number of fused-ring (bicyclic) bond motifs is 2. The number of piperidine rings is 1. The number of nitriles is 1. The zero-order valence-corrected chi connectivity index (χ0v) is 11.8. The van der Waals surface area contributed by atoms with Crippen LogP contribution in [-0.4, -0.2) is 30.1 Å². The molecule has 1 aromatic rings. The molecular formula is C14H16BrN3. The van der Waals surface area contributed by atoms with E-state index in [4.69, 9.17) is 0 Å². The highest BCUT2D eigenvalue weighted by atomic mass is 79.9. The predicted molar refractivity (Wildman–Crippen MR) is 75.3 cm³/mol. The van der Waals surface area contributed by atoms with Crippen molar-refractivity contribution in [1.29, 1.82) is 5.26 Å². The molecule has 3 atom stereocenters. The van der Waals surface area contributed by atoms with Gasteiger partial charge >= 0.3 is 0 Å². The normalized spacial score (nSPS) is 34.0. The summed E-state index contributed by atoms with van der Waals surface area (Å²) in [6.07, 6.45) is 2.04. The molecule has 2 fully saturated rings. The summed E-state index contributed by atoms with van der Waals surface area (Å²) in [6, 6.07) is 10.6. The van der Waals surface area contributed by atoms with Crippen molar-refractivity contribution < 1.29 is 0 Å². The molecule has 3 unspecified atom stereocenters. The van der Waals surface area contributed by atoms with Crippen molar-refractivity contribution in [1.82, 2.24) is 4.90 Å². The van der Waals surface area contributed by atoms with Gasteiger partial charge in [0.05, 0.1) is 6.07 Å². The van der Waals surface area contributed by atoms with Gasteiger partial charge in [-0.05, 0) is 47.4 Å². The Morgan fingerprint density at radius 3 is 3.00 bits per heavy atom. The third-order valence-corrected chi connectivity index (χ3v) is 4.91. The van der Waals surface area contributed by atoms with Crippen LogP contribution in [0.4, 0.5) is 5.69 Å². The number of anilines is 1. The van der Waals surface area contributed by atoms with Crippen LogP contribution in [-0.2, 0) is 0 Å². The standard InChI is InChI=1S/C14H16BrN3/c15-12-3-1-2-4-13(12)17-14(10-16)6-8-18-7-5-11(14)9-18/h1-4,11,17H,5-9H2. The number of nitrogens with zero attached hydrogens (tertiary/aromatic N) is 2. The van der Waals surface area contributed by atoms with Crippen LogP contribution in [0.2, 0.25) is 0 Å². The molecule has 0 spiro atoms. The van der Waals surface area contributed by atoms with E-state index in [9.17, 15) is 5.26 Å². The van der Waals surface area contributed by atoms with Gasteiger partial charge in [0.25, 0.3) is 0 Å². The fourth-order valence-electron chi connectivity index (χ4n) is 3.12. The Balaban J connectivity index is 1.89. The summed E-state index contributed by atoms with van der Waals surface area (Å²) in [5, 5.41) is 13.2. The van der Waals surface area contributed by atoms with Gasteiger partial charge in [0.1, 0.15) is 5.54 Å². The summed E-state index contributed by atoms with van der Waals surface area (Å²) in [7, 11) is 0. The largest absolute Gasteiger partial charge is 0.366 e. The monoisotopic (exact) mass is 305 g/mol. The molecule has 0 aromatic heterocycles. The second-order valence-electron chi connectivity index (χ2n) is 5.22. The summed E-state index contributed by atoms with van der Waals surface area (Å²) >= 11 is 3.55. The number of hydrogen-bond acceptors (Lipinski definition) is 3.